The Bertz CT molecular complexity index is 445. The molecule has 102 valence electrons. The van der Waals surface area contributed by atoms with Crippen LogP contribution < -0.4 is 0 Å². The largest absolute Gasteiger partial charge is 0.333 e. The third-order valence-corrected chi connectivity index (χ3v) is 4.47. The van der Waals surface area contributed by atoms with Crippen molar-refractivity contribution in [3.63, 3.8) is 0 Å². The molecule has 0 spiro atoms. The highest BCUT2D eigenvalue weighted by molar-refractivity contribution is 5.94. The van der Waals surface area contributed by atoms with Crippen LogP contribution in [-0.2, 0) is 0 Å². The number of piperazine rings is 1. The molecule has 19 heavy (non-hydrogen) atoms. The van der Waals surface area contributed by atoms with Crippen molar-refractivity contribution in [2.45, 2.75) is 38.3 Å². The number of fused-ring (bicyclic) bond motifs is 1. The highest BCUT2D eigenvalue weighted by Gasteiger charge is 2.35. The lowest BCUT2D eigenvalue weighted by atomic mass is 9.96. The molecule has 2 heterocycles. The van der Waals surface area contributed by atoms with Crippen LogP contribution in [0.25, 0.3) is 0 Å². The molecule has 0 bridgehead atoms. The fourth-order valence-electron chi connectivity index (χ4n) is 3.38. The molecule has 3 rings (SSSR count). The van der Waals surface area contributed by atoms with E-state index in [2.05, 4.69) is 16.7 Å². The third kappa shape index (κ3) is 2.52. The van der Waals surface area contributed by atoms with E-state index in [0.29, 0.717) is 12.1 Å². The van der Waals surface area contributed by atoms with Crippen LogP contribution in [0.1, 0.15) is 36.5 Å². The van der Waals surface area contributed by atoms with Crippen LogP contribution in [0.15, 0.2) is 30.3 Å². The maximum Gasteiger partial charge on any atom is 0.254 e. The van der Waals surface area contributed by atoms with Crippen molar-refractivity contribution in [3.05, 3.63) is 35.9 Å². The minimum atomic E-state index is 0.193. The highest BCUT2D eigenvalue weighted by atomic mass is 16.2. The average Bonchev–Trinajstić information content (AvgIpc) is 2.47. The van der Waals surface area contributed by atoms with Gasteiger partial charge in [0.15, 0.2) is 0 Å². The Morgan fingerprint density at radius 1 is 1.16 bits per heavy atom. The van der Waals surface area contributed by atoms with Gasteiger partial charge in [-0.05, 0) is 38.4 Å². The number of carbonyl (C=O) groups is 1. The van der Waals surface area contributed by atoms with Gasteiger partial charge in [-0.15, -0.1) is 0 Å². The molecular formula is C16H22N2O. The maximum atomic E-state index is 12.6. The number of piperidine rings is 1. The van der Waals surface area contributed by atoms with Crippen molar-refractivity contribution >= 4 is 5.91 Å². The SMILES string of the molecule is C[C@@H]1CN2CCCC[C@H]2CN1C(=O)c1ccccc1. The van der Waals surface area contributed by atoms with Crippen molar-refractivity contribution in [3.8, 4) is 0 Å². The molecule has 0 N–H and O–H groups in total. The van der Waals surface area contributed by atoms with Crippen LogP contribution in [0.5, 0.6) is 0 Å². The smallest absolute Gasteiger partial charge is 0.254 e. The van der Waals surface area contributed by atoms with Gasteiger partial charge in [0.25, 0.3) is 5.91 Å². The highest BCUT2D eigenvalue weighted by Crippen LogP contribution is 2.25. The number of amides is 1. The zero-order valence-corrected chi connectivity index (χ0v) is 11.6. The van der Waals surface area contributed by atoms with Crippen LogP contribution in [0.4, 0.5) is 0 Å². The Kier molecular flexibility index (Phi) is 3.56. The van der Waals surface area contributed by atoms with Crippen LogP contribution in [-0.4, -0.2) is 47.4 Å². The van der Waals surface area contributed by atoms with E-state index in [0.717, 1.165) is 18.7 Å². The molecule has 2 aliphatic rings. The van der Waals surface area contributed by atoms with Crippen molar-refractivity contribution in [2.75, 3.05) is 19.6 Å². The van der Waals surface area contributed by atoms with Crippen molar-refractivity contribution in [2.24, 2.45) is 0 Å². The Hall–Kier alpha value is -1.35. The lowest BCUT2D eigenvalue weighted by molar-refractivity contribution is 0.0151. The van der Waals surface area contributed by atoms with Gasteiger partial charge in [0.1, 0.15) is 0 Å². The van der Waals surface area contributed by atoms with E-state index in [9.17, 15) is 4.79 Å². The normalized spacial score (nSPS) is 27.9. The molecule has 0 unspecified atom stereocenters. The Balaban J connectivity index is 1.75. The summed E-state index contributed by atoms with van der Waals surface area (Å²) in [7, 11) is 0. The van der Waals surface area contributed by atoms with Gasteiger partial charge >= 0.3 is 0 Å². The molecule has 0 saturated carbocycles. The van der Waals surface area contributed by atoms with Gasteiger partial charge in [0, 0.05) is 30.7 Å². The molecule has 0 aromatic heterocycles. The first-order valence-corrected chi connectivity index (χ1v) is 7.36. The number of benzene rings is 1. The second kappa shape index (κ2) is 5.33. The van der Waals surface area contributed by atoms with Crippen LogP contribution in [0.2, 0.25) is 0 Å². The summed E-state index contributed by atoms with van der Waals surface area (Å²) >= 11 is 0. The average molecular weight is 258 g/mol. The first kappa shape index (κ1) is 12.7. The van der Waals surface area contributed by atoms with E-state index < -0.39 is 0 Å². The summed E-state index contributed by atoms with van der Waals surface area (Å²) in [6.45, 7) is 5.31. The molecular weight excluding hydrogens is 236 g/mol. The standard InChI is InChI=1S/C16H22N2O/c1-13-11-17-10-6-5-9-15(17)12-18(13)16(19)14-7-3-2-4-8-14/h2-4,7-8,13,15H,5-6,9-12H2,1H3/t13-,15+/m1/s1. The quantitative estimate of drug-likeness (QED) is 0.772. The number of hydrogen-bond acceptors (Lipinski definition) is 2. The number of hydrogen-bond donors (Lipinski definition) is 0. The van der Waals surface area contributed by atoms with E-state index in [1.807, 2.05) is 30.3 Å². The lowest BCUT2D eigenvalue weighted by Crippen LogP contribution is -2.60. The third-order valence-electron chi connectivity index (χ3n) is 4.47. The van der Waals surface area contributed by atoms with Gasteiger partial charge in [-0.2, -0.15) is 0 Å². The van der Waals surface area contributed by atoms with Crippen LogP contribution >= 0.6 is 0 Å². The van der Waals surface area contributed by atoms with Gasteiger partial charge in [0.2, 0.25) is 0 Å². The van der Waals surface area contributed by atoms with Gasteiger partial charge in [-0.3, -0.25) is 9.69 Å². The van der Waals surface area contributed by atoms with E-state index in [1.165, 1.54) is 25.8 Å². The van der Waals surface area contributed by atoms with Crippen molar-refractivity contribution < 1.29 is 4.79 Å². The van der Waals surface area contributed by atoms with E-state index in [-0.39, 0.29) is 5.91 Å². The Morgan fingerprint density at radius 3 is 2.74 bits per heavy atom. The number of carbonyl (C=O) groups excluding carboxylic acids is 1. The molecule has 2 saturated heterocycles. The lowest BCUT2D eigenvalue weighted by Gasteiger charge is -2.47. The van der Waals surface area contributed by atoms with E-state index >= 15 is 0 Å². The summed E-state index contributed by atoms with van der Waals surface area (Å²) in [6.07, 6.45) is 3.87. The summed E-state index contributed by atoms with van der Waals surface area (Å²) in [5, 5.41) is 0. The Labute approximate surface area is 115 Å². The first-order chi connectivity index (χ1) is 9.25. The minimum Gasteiger partial charge on any atom is -0.333 e. The summed E-state index contributed by atoms with van der Waals surface area (Å²) in [6, 6.07) is 10.6. The fraction of sp³-hybridized carbons (Fsp3) is 0.562. The zero-order chi connectivity index (χ0) is 13.2. The molecule has 3 heteroatoms. The molecule has 0 aliphatic carbocycles. The summed E-state index contributed by atoms with van der Waals surface area (Å²) in [4.78, 5) is 17.2. The van der Waals surface area contributed by atoms with E-state index in [1.54, 1.807) is 0 Å². The predicted octanol–water partition coefficient (Wildman–Crippen LogP) is 2.39. The zero-order valence-electron chi connectivity index (χ0n) is 11.6. The fourth-order valence-corrected chi connectivity index (χ4v) is 3.38. The molecule has 1 aromatic carbocycles. The summed E-state index contributed by atoms with van der Waals surface area (Å²) < 4.78 is 0. The topological polar surface area (TPSA) is 23.6 Å². The van der Waals surface area contributed by atoms with Gasteiger partial charge < -0.3 is 4.90 Å². The van der Waals surface area contributed by atoms with Crippen LogP contribution in [0.3, 0.4) is 0 Å². The molecule has 1 amide bonds. The van der Waals surface area contributed by atoms with Gasteiger partial charge in [-0.25, -0.2) is 0 Å². The maximum absolute atomic E-state index is 12.6. The molecule has 2 atom stereocenters. The second-order valence-corrected chi connectivity index (χ2v) is 5.82. The van der Waals surface area contributed by atoms with Crippen molar-refractivity contribution in [1.82, 2.24) is 9.80 Å². The monoisotopic (exact) mass is 258 g/mol. The van der Waals surface area contributed by atoms with Crippen molar-refractivity contribution in [1.29, 1.82) is 0 Å². The molecule has 2 fully saturated rings. The van der Waals surface area contributed by atoms with Crippen LogP contribution in [0, 0.1) is 0 Å². The Morgan fingerprint density at radius 2 is 1.95 bits per heavy atom. The predicted molar refractivity (Wildman–Crippen MR) is 76.2 cm³/mol. The minimum absolute atomic E-state index is 0.193. The molecule has 0 radical (unpaired) electrons. The molecule has 3 nitrogen and oxygen atoms in total. The second-order valence-electron chi connectivity index (χ2n) is 5.82. The van der Waals surface area contributed by atoms with E-state index in [4.69, 9.17) is 0 Å². The number of rotatable bonds is 1. The van der Waals surface area contributed by atoms with Gasteiger partial charge in [0.05, 0.1) is 0 Å². The summed E-state index contributed by atoms with van der Waals surface area (Å²) in [5.74, 6) is 0.193. The summed E-state index contributed by atoms with van der Waals surface area (Å²) in [5.41, 5.74) is 0.818. The molecule has 1 aromatic rings. The first-order valence-electron chi connectivity index (χ1n) is 7.36. The number of nitrogens with zero attached hydrogens (tertiary/aromatic N) is 2. The van der Waals surface area contributed by atoms with Gasteiger partial charge in [-0.1, -0.05) is 24.6 Å². The molecule has 2 aliphatic heterocycles.